The first kappa shape index (κ1) is 21.5. The van der Waals surface area contributed by atoms with Crippen LogP contribution < -0.4 is 5.32 Å². The van der Waals surface area contributed by atoms with Crippen molar-refractivity contribution in [2.75, 3.05) is 25.5 Å². The molecule has 0 unspecified atom stereocenters. The largest absolute Gasteiger partial charge is 0.338 e. The topological polar surface area (TPSA) is 58.9 Å². The van der Waals surface area contributed by atoms with E-state index in [1.807, 2.05) is 6.07 Å². The Hall–Kier alpha value is -3.39. The maximum atomic E-state index is 15.8. The first-order chi connectivity index (χ1) is 15.9. The van der Waals surface area contributed by atoms with Crippen LogP contribution in [0.3, 0.4) is 0 Å². The maximum Gasteiger partial charge on any atom is 0.152 e. The Labute approximate surface area is 191 Å². The number of aromatic nitrogens is 4. The van der Waals surface area contributed by atoms with Crippen molar-refractivity contribution in [1.82, 2.24) is 24.6 Å². The highest BCUT2D eigenvalue weighted by Gasteiger charge is 2.38. The predicted octanol–water partition coefficient (Wildman–Crippen LogP) is 5.22. The van der Waals surface area contributed by atoms with E-state index in [9.17, 15) is 4.39 Å². The number of rotatable bonds is 5. The van der Waals surface area contributed by atoms with Crippen LogP contribution >= 0.6 is 0 Å². The van der Waals surface area contributed by atoms with Gasteiger partial charge in [0.15, 0.2) is 5.67 Å². The van der Waals surface area contributed by atoms with Gasteiger partial charge in [0.2, 0.25) is 0 Å². The summed E-state index contributed by atoms with van der Waals surface area (Å²) in [6.07, 6.45) is 6.66. The second-order valence-electron chi connectivity index (χ2n) is 8.85. The molecule has 3 aromatic heterocycles. The molecule has 4 aromatic rings. The van der Waals surface area contributed by atoms with Gasteiger partial charge in [-0.25, -0.2) is 23.4 Å². The van der Waals surface area contributed by atoms with Crippen molar-refractivity contribution in [2.24, 2.45) is 5.92 Å². The molecular weight excluding hydrogens is 422 g/mol. The molecule has 1 aliphatic rings. The first-order valence-corrected chi connectivity index (χ1v) is 11.1. The van der Waals surface area contributed by atoms with Crippen molar-refractivity contribution >= 4 is 22.4 Å². The van der Waals surface area contributed by atoms with E-state index in [1.54, 1.807) is 60.5 Å². The fourth-order valence-corrected chi connectivity index (χ4v) is 4.42. The van der Waals surface area contributed by atoms with E-state index in [0.29, 0.717) is 22.7 Å². The van der Waals surface area contributed by atoms with Crippen LogP contribution in [0.5, 0.6) is 0 Å². The quantitative estimate of drug-likeness (QED) is 0.453. The van der Waals surface area contributed by atoms with Gasteiger partial charge in [0.1, 0.15) is 11.6 Å². The molecule has 1 aromatic carbocycles. The molecule has 1 fully saturated rings. The zero-order chi connectivity index (χ0) is 23.0. The summed E-state index contributed by atoms with van der Waals surface area (Å²) >= 11 is 0. The van der Waals surface area contributed by atoms with Gasteiger partial charge in [-0.3, -0.25) is 0 Å². The Morgan fingerprint density at radius 3 is 2.67 bits per heavy atom. The molecule has 1 saturated heterocycles. The lowest BCUT2D eigenvalue weighted by atomic mass is 9.81. The molecule has 1 atom stereocenters. The minimum atomic E-state index is -1.51. The highest BCUT2D eigenvalue weighted by molar-refractivity contribution is 5.81. The van der Waals surface area contributed by atoms with Crippen LogP contribution in [0.1, 0.15) is 25.5 Å². The Bertz CT molecular complexity index is 1260. The third-order valence-corrected chi connectivity index (χ3v) is 6.54. The number of nitrogens with zero attached hydrogens (tertiary/aromatic N) is 5. The number of fused-ring (bicyclic) bond motifs is 1. The SMILES string of the molecule is CN1CCC([C@@](C)(F)c2ccc3cnc(Nc4ccc(-n5cccn5)cc4F)cc3n2)CC1. The van der Waals surface area contributed by atoms with Gasteiger partial charge in [-0.05, 0) is 70.2 Å². The lowest BCUT2D eigenvalue weighted by Crippen LogP contribution is -2.38. The molecule has 0 radical (unpaired) electrons. The number of anilines is 2. The van der Waals surface area contributed by atoms with Crippen molar-refractivity contribution in [3.05, 3.63) is 72.6 Å². The normalized spacial score (nSPS) is 17.2. The van der Waals surface area contributed by atoms with Crippen LogP contribution in [0.15, 0.2) is 61.1 Å². The number of likely N-dealkylation sites (tertiary alicyclic amines) is 1. The number of alkyl halides is 1. The van der Waals surface area contributed by atoms with Gasteiger partial charge in [0.25, 0.3) is 0 Å². The molecule has 0 bridgehead atoms. The van der Waals surface area contributed by atoms with E-state index < -0.39 is 11.5 Å². The molecule has 8 heteroatoms. The molecule has 1 aliphatic heterocycles. The van der Waals surface area contributed by atoms with Crippen molar-refractivity contribution in [3.63, 3.8) is 0 Å². The summed E-state index contributed by atoms with van der Waals surface area (Å²) in [7, 11) is 2.06. The fraction of sp³-hybridized carbons (Fsp3) is 0.320. The van der Waals surface area contributed by atoms with E-state index in [4.69, 9.17) is 0 Å². The summed E-state index contributed by atoms with van der Waals surface area (Å²) in [5.74, 6) is -0.0524. The molecule has 0 spiro atoms. The second kappa shape index (κ2) is 8.51. The standard InChI is InChI=1S/C25H26F2N6/c1-25(27,18-8-12-32(2)13-9-18)23-7-4-17-16-28-24(15-22(17)30-23)31-21-6-5-19(14-20(21)26)33-11-3-10-29-33/h3-7,10-11,14-16,18H,8-9,12-13H2,1-2H3,(H,28,31)/t25-/m1/s1. The smallest absolute Gasteiger partial charge is 0.152 e. The van der Waals surface area contributed by atoms with Crippen LogP contribution in [0, 0.1) is 11.7 Å². The minimum absolute atomic E-state index is 0.0690. The number of hydrogen-bond donors (Lipinski definition) is 1. The van der Waals surface area contributed by atoms with Crippen LogP contribution in [0.4, 0.5) is 20.3 Å². The Kier molecular flexibility index (Phi) is 5.54. The number of piperidine rings is 1. The van der Waals surface area contributed by atoms with Crippen molar-refractivity contribution in [3.8, 4) is 5.69 Å². The number of nitrogens with one attached hydrogen (secondary N) is 1. The molecule has 33 heavy (non-hydrogen) atoms. The molecule has 1 N–H and O–H groups in total. The van der Waals surface area contributed by atoms with E-state index in [2.05, 4.69) is 32.3 Å². The monoisotopic (exact) mass is 448 g/mol. The lowest BCUT2D eigenvalue weighted by Gasteiger charge is -2.36. The minimum Gasteiger partial charge on any atom is -0.338 e. The lowest BCUT2D eigenvalue weighted by molar-refractivity contribution is 0.0489. The summed E-state index contributed by atoms with van der Waals surface area (Å²) in [6, 6.07) is 11.9. The number of hydrogen-bond acceptors (Lipinski definition) is 5. The molecule has 4 heterocycles. The molecule has 170 valence electrons. The van der Waals surface area contributed by atoms with Crippen LogP contribution in [0.2, 0.25) is 0 Å². The number of pyridine rings is 2. The van der Waals surface area contributed by atoms with Crippen molar-refractivity contribution < 1.29 is 8.78 Å². The van der Waals surface area contributed by atoms with Gasteiger partial charge >= 0.3 is 0 Å². The van der Waals surface area contributed by atoms with Gasteiger partial charge in [-0.15, -0.1) is 0 Å². The summed E-state index contributed by atoms with van der Waals surface area (Å²) in [4.78, 5) is 11.2. The highest BCUT2D eigenvalue weighted by atomic mass is 19.1. The number of benzene rings is 1. The zero-order valence-electron chi connectivity index (χ0n) is 18.7. The average Bonchev–Trinajstić information content (AvgIpc) is 3.35. The third kappa shape index (κ3) is 4.30. The first-order valence-electron chi connectivity index (χ1n) is 11.1. The van der Waals surface area contributed by atoms with Crippen molar-refractivity contribution in [1.29, 1.82) is 0 Å². The fourth-order valence-electron chi connectivity index (χ4n) is 4.42. The molecule has 0 amide bonds. The van der Waals surface area contributed by atoms with Gasteiger partial charge in [-0.1, -0.05) is 0 Å². The summed E-state index contributed by atoms with van der Waals surface area (Å²) in [5.41, 5.74) is 0.445. The van der Waals surface area contributed by atoms with E-state index in [0.717, 1.165) is 31.3 Å². The Balaban J connectivity index is 1.40. The third-order valence-electron chi connectivity index (χ3n) is 6.54. The maximum absolute atomic E-state index is 15.8. The second-order valence-corrected chi connectivity index (χ2v) is 8.85. The van der Waals surface area contributed by atoms with Gasteiger partial charge in [0.05, 0.1) is 22.6 Å². The summed E-state index contributed by atoms with van der Waals surface area (Å²) in [6.45, 7) is 3.41. The van der Waals surface area contributed by atoms with Crippen molar-refractivity contribution in [2.45, 2.75) is 25.4 Å². The van der Waals surface area contributed by atoms with E-state index >= 15 is 4.39 Å². The molecule has 0 saturated carbocycles. The van der Waals surface area contributed by atoms with Crippen LogP contribution in [-0.2, 0) is 5.67 Å². The zero-order valence-corrected chi connectivity index (χ0v) is 18.7. The van der Waals surface area contributed by atoms with E-state index in [1.165, 1.54) is 6.07 Å². The predicted molar refractivity (Wildman–Crippen MR) is 125 cm³/mol. The van der Waals surface area contributed by atoms with Gasteiger partial charge < -0.3 is 10.2 Å². The number of halogens is 2. The summed E-state index contributed by atoms with van der Waals surface area (Å²) < 4.78 is 32.1. The highest BCUT2D eigenvalue weighted by Crippen LogP contribution is 2.39. The van der Waals surface area contributed by atoms with Gasteiger partial charge in [0, 0.05) is 42.0 Å². The molecular formula is C25H26F2N6. The van der Waals surface area contributed by atoms with Crippen LogP contribution in [0.25, 0.3) is 16.6 Å². The Morgan fingerprint density at radius 2 is 1.94 bits per heavy atom. The Morgan fingerprint density at radius 1 is 1.12 bits per heavy atom. The molecule has 6 nitrogen and oxygen atoms in total. The molecule has 5 rings (SSSR count). The van der Waals surface area contributed by atoms with Gasteiger partial charge in [-0.2, -0.15) is 5.10 Å². The average molecular weight is 449 g/mol. The van der Waals surface area contributed by atoms with Crippen LogP contribution in [-0.4, -0.2) is 44.8 Å². The van der Waals surface area contributed by atoms with E-state index in [-0.39, 0.29) is 11.6 Å². The molecule has 0 aliphatic carbocycles. The summed E-state index contributed by atoms with van der Waals surface area (Å²) in [5, 5.41) is 7.93.